The molecule has 0 bridgehead atoms. The number of nitrogens with one attached hydrogen (secondary N) is 2. The summed E-state index contributed by atoms with van der Waals surface area (Å²) in [6.07, 6.45) is -0.272. The summed E-state index contributed by atoms with van der Waals surface area (Å²) in [5.41, 5.74) is 1.37. The van der Waals surface area contributed by atoms with Gasteiger partial charge < -0.3 is 15.7 Å². The van der Waals surface area contributed by atoms with E-state index in [1.807, 2.05) is 54.6 Å². The molecule has 0 saturated carbocycles. The molecule has 3 aromatic rings. The largest absolute Gasteiger partial charge is 0.481 e. The van der Waals surface area contributed by atoms with Gasteiger partial charge in [-0.25, -0.2) is 0 Å². The van der Waals surface area contributed by atoms with Gasteiger partial charge >= 0.3 is 5.97 Å². The van der Waals surface area contributed by atoms with Crippen molar-refractivity contribution in [2.75, 3.05) is 16.4 Å². The van der Waals surface area contributed by atoms with Crippen molar-refractivity contribution in [3.8, 4) is 0 Å². The summed E-state index contributed by atoms with van der Waals surface area (Å²) in [4.78, 5) is 35.4. The standard InChI is InChI=1S/C22H20N2O4S/c25-20(12-13-22(27)28)23-16-8-10-17(11-9-16)29-14-21(26)24-19-7-3-5-15-4-1-2-6-18(15)19/h1-11H,12-14H2,(H,23,25)(H,24,26)(H,27,28). The first kappa shape index (κ1) is 20.4. The van der Waals surface area contributed by atoms with Crippen molar-refractivity contribution in [1.82, 2.24) is 0 Å². The number of amides is 2. The summed E-state index contributed by atoms with van der Waals surface area (Å²) in [6.45, 7) is 0. The molecule has 0 aliphatic heterocycles. The first-order chi connectivity index (χ1) is 14.0. The van der Waals surface area contributed by atoms with E-state index in [1.165, 1.54) is 11.8 Å². The zero-order valence-electron chi connectivity index (χ0n) is 15.6. The van der Waals surface area contributed by atoms with E-state index in [0.717, 1.165) is 21.4 Å². The highest BCUT2D eigenvalue weighted by Crippen LogP contribution is 2.24. The van der Waals surface area contributed by atoms with Gasteiger partial charge in [0, 0.05) is 28.1 Å². The fourth-order valence-electron chi connectivity index (χ4n) is 2.75. The minimum Gasteiger partial charge on any atom is -0.481 e. The van der Waals surface area contributed by atoms with Gasteiger partial charge in [-0.2, -0.15) is 0 Å². The Morgan fingerprint density at radius 2 is 1.52 bits per heavy atom. The van der Waals surface area contributed by atoms with Crippen molar-refractivity contribution in [3.05, 3.63) is 66.7 Å². The van der Waals surface area contributed by atoms with Gasteiger partial charge in [0.2, 0.25) is 11.8 Å². The lowest BCUT2D eigenvalue weighted by atomic mass is 10.1. The molecule has 2 amide bonds. The summed E-state index contributed by atoms with van der Waals surface area (Å²) in [5.74, 6) is -1.19. The van der Waals surface area contributed by atoms with Crippen LogP contribution in [0.3, 0.4) is 0 Å². The van der Waals surface area contributed by atoms with E-state index in [4.69, 9.17) is 5.11 Å². The Balaban J connectivity index is 1.51. The van der Waals surface area contributed by atoms with Crippen molar-refractivity contribution >= 4 is 51.7 Å². The van der Waals surface area contributed by atoms with E-state index in [2.05, 4.69) is 10.6 Å². The molecule has 0 saturated heterocycles. The lowest BCUT2D eigenvalue weighted by molar-refractivity contribution is -0.138. The lowest BCUT2D eigenvalue weighted by Crippen LogP contribution is -2.14. The monoisotopic (exact) mass is 408 g/mol. The van der Waals surface area contributed by atoms with Crippen LogP contribution >= 0.6 is 11.8 Å². The number of hydrogen-bond donors (Lipinski definition) is 3. The Morgan fingerprint density at radius 3 is 2.28 bits per heavy atom. The quantitative estimate of drug-likeness (QED) is 0.481. The number of fused-ring (bicyclic) bond motifs is 1. The fourth-order valence-corrected chi connectivity index (χ4v) is 3.45. The van der Waals surface area contributed by atoms with Gasteiger partial charge in [-0.15, -0.1) is 11.8 Å². The second kappa shape index (κ2) is 9.75. The molecule has 0 atom stereocenters. The summed E-state index contributed by atoms with van der Waals surface area (Å²) in [6, 6.07) is 20.7. The summed E-state index contributed by atoms with van der Waals surface area (Å²) >= 11 is 1.39. The number of carboxylic acids is 1. The molecule has 148 valence electrons. The average molecular weight is 408 g/mol. The smallest absolute Gasteiger partial charge is 0.303 e. The van der Waals surface area contributed by atoms with Gasteiger partial charge in [0.05, 0.1) is 12.2 Å². The molecule has 29 heavy (non-hydrogen) atoms. The van der Waals surface area contributed by atoms with E-state index in [0.29, 0.717) is 5.69 Å². The average Bonchev–Trinajstić information content (AvgIpc) is 2.72. The maximum Gasteiger partial charge on any atom is 0.303 e. The first-order valence-corrected chi connectivity index (χ1v) is 10.0. The molecule has 3 N–H and O–H groups in total. The predicted molar refractivity (Wildman–Crippen MR) is 115 cm³/mol. The minimum atomic E-state index is -1.01. The molecular formula is C22H20N2O4S. The van der Waals surface area contributed by atoms with Crippen molar-refractivity contribution in [3.63, 3.8) is 0 Å². The molecule has 0 spiro atoms. The molecule has 0 unspecified atom stereocenters. The minimum absolute atomic E-state index is 0.0693. The van der Waals surface area contributed by atoms with Crippen LogP contribution in [0.5, 0.6) is 0 Å². The number of aliphatic carboxylic acids is 1. The normalized spacial score (nSPS) is 10.5. The maximum absolute atomic E-state index is 12.3. The molecule has 0 aromatic heterocycles. The number of anilines is 2. The predicted octanol–water partition coefficient (Wildman–Crippen LogP) is 4.37. The van der Waals surface area contributed by atoms with Crippen LogP contribution in [0.25, 0.3) is 10.8 Å². The van der Waals surface area contributed by atoms with Crippen molar-refractivity contribution in [2.24, 2.45) is 0 Å². The molecule has 3 aromatic carbocycles. The van der Waals surface area contributed by atoms with Crippen LogP contribution in [0.2, 0.25) is 0 Å². The number of hydrogen-bond acceptors (Lipinski definition) is 4. The third-order valence-corrected chi connectivity index (χ3v) is 5.15. The molecular weight excluding hydrogens is 388 g/mol. The Labute approximate surface area is 172 Å². The second-order valence-corrected chi connectivity index (χ2v) is 7.38. The van der Waals surface area contributed by atoms with E-state index in [-0.39, 0.29) is 30.4 Å². The molecule has 0 aliphatic rings. The van der Waals surface area contributed by atoms with Crippen molar-refractivity contribution < 1.29 is 19.5 Å². The lowest BCUT2D eigenvalue weighted by Gasteiger charge is -2.09. The summed E-state index contributed by atoms with van der Waals surface area (Å²) in [7, 11) is 0. The Kier molecular flexibility index (Phi) is 6.86. The topological polar surface area (TPSA) is 95.5 Å². The maximum atomic E-state index is 12.3. The molecule has 0 radical (unpaired) electrons. The van der Waals surface area contributed by atoms with Gasteiger partial charge in [0.1, 0.15) is 0 Å². The van der Waals surface area contributed by atoms with Crippen LogP contribution in [0.15, 0.2) is 71.6 Å². The fraction of sp³-hybridized carbons (Fsp3) is 0.136. The number of carboxylic acid groups (broad SMARTS) is 1. The van der Waals surface area contributed by atoms with Crippen LogP contribution in [0, 0.1) is 0 Å². The molecule has 6 nitrogen and oxygen atoms in total. The Morgan fingerprint density at radius 1 is 0.793 bits per heavy atom. The highest BCUT2D eigenvalue weighted by molar-refractivity contribution is 8.00. The number of carbonyl (C=O) groups excluding carboxylic acids is 2. The van der Waals surface area contributed by atoms with Gasteiger partial charge in [0.25, 0.3) is 0 Å². The zero-order valence-corrected chi connectivity index (χ0v) is 16.4. The second-order valence-electron chi connectivity index (χ2n) is 6.33. The molecule has 0 heterocycles. The third-order valence-electron chi connectivity index (χ3n) is 4.14. The Bertz CT molecular complexity index is 1030. The van der Waals surface area contributed by atoms with E-state index in [9.17, 15) is 14.4 Å². The summed E-state index contributed by atoms with van der Waals surface area (Å²) in [5, 5.41) is 16.3. The highest BCUT2D eigenvalue weighted by Gasteiger charge is 2.08. The summed E-state index contributed by atoms with van der Waals surface area (Å²) < 4.78 is 0. The van der Waals surface area contributed by atoms with Crippen LogP contribution < -0.4 is 10.6 Å². The number of benzene rings is 3. The van der Waals surface area contributed by atoms with Gasteiger partial charge in [-0.1, -0.05) is 36.4 Å². The number of thioether (sulfide) groups is 1. The van der Waals surface area contributed by atoms with Gasteiger partial charge in [-0.3, -0.25) is 14.4 Å². The van der Waals surface area contributed by atoms with Gasteiger partial charge in [0.15, 0.2) is 0 Å². The van der Waals surface area contributed by atoms with Crippen LogP contribution in [-0.4, -0.2) is 28.6 Å². The molecule has 7 heteroatoms. The Hall–Kier alpha value is -3.32. The van der Waals surface area contributed by atoms with Crippen molar-refractivity contribution in [2.45, 2.75) is 17.7 Å². The van der Waals surface area contributed by atoms with Gasteiger partial charge in [-0.05, 0) is 35.7 Å². The highest BCUT2D eigenvalue weighted by atomic mass is 32.2. The number of rotatable bonds is 8. The van der Waals surface area contributed by atoms with Crippen LogP contribution in [0.1, 0.15) is 12.8 Å². The van der Waals surface area contributed by atoms with E-state index < -0.39 is 5.97 Å². The third kappa shape index (κ3) is 6.08. The molecule has 0 aliphatic carbocycles. The zero-order chi connectivity index (χ0) is 20.6. The van der Waals surface area contributed by atoms with Crippen molar-refractivity contribution in [1.29, 1.82) is 0 Å². The van der Waals surface area contributed by atoms with E-state index >= 15 is 0 Å². The van der Waals surface area contributed by atoms with Crippen LogP contribution in [-0.2, 0) is 14.4 Å². The first-order valence-electron chi connectivity index (χ1n) is 9.03. The van der Waals surface area contributed by atoms with Crippen LogP contribution in [0.4, 0.5) is 11.4 Å². The SMILES string of the molecule is O=C(O)CCC(=O)Nc1ccc(SCC(=O)Nc2cccc3ccccc23)cc1. The number of carbonyl (C=O) groups is 3. The molecule has 3 rings (SSSR count). The molecule has 0 fully saturated rings. The van der Waals surface area contributed by atoms with E-state index in [1.54, 1.807) is 12.1 Å².